The molecule has 10 nitrogen and oxygen atoms in total. The van der Waals surface area contributed by atoms with Crippen molar-refractivity contribution >= 4 is 11.9 Å². The van der Waals surface area contributed by atoms with Crippen molar-refractivity contribution in [2.45, 2.75) is 187 Å². The third kappa shape index (κ3) is 24.0. The number of carbonyl (C=O) groups is 2. The van der Waals surface area contributed by atoms with E-state index in [1.807, 2.05) is 18.2 Å². The highest BCUT2D eigenvalue weighted by Gasteiger charge is 2.22. The first-order chi connectivity index (χ1) is 28.3. The fourth-order valence-electron chi connectivity index (χ4n) is 7.36. The van der Waals surface area contributed by atoms with E-state index in [0.717, 1.165) is 44.2 Å². The summed E-state index contributed by atoms with van der Waals surface area (Å²) >= 11 is 0. The van der Waals surface area contributed by atoms with Gasteiger partial charge >= 0.3 is 11.9 Å². The lowest BCUT2D eigenvalue weighted by Gasteiger charge is -2.27. The zero-order chi connectivity index (χ0) is 42.1. The quantitative estimate of drug-likeness (QED) is 0.0387. The van der Waals surface area contributed by atoms with Crippen LogP contribution in [0.15, 0.2) is 36.5 Å². The maximum absolute atomic E-state index is 13.2. The van der Waals surface area contributed by atoms with Crippen molar-refractivity contribution in [1.29, 1.82) is 0 Å². The van der Waals surface area contributed by atoms with Gasteiger partial charge in [-0.25, -0.2) is 4.79 Å². The number of methoxy groups -OCH3 is 2. The molecule has 0 aliphatic carbocycles. The van der Waals surface area contributed by atoms with Gasteiger partial charge in [0.15, 0.2) is 11.5 Å². The molecule has 330 valence electrons. The van der Waals surface area contributed by atoms with Crippen molar-refractivity contribution in [3.63, 3.8) is 0 Å². The van der Waals surface area contributed by atoms with Crippen LogP contribution >= 0.6 is 0 Å². The van der Waals surface area contributed by atoms with Crippen LogP contribution in [0.2, 0.25) is 0 Å². The number of rotatable bonds is 37. The highest BCUT2D eigenvalue weighted by atomic mass is 16.6. The Morgan fingerprint density at radius 2 is 1.16 bits per heavy atom. The Kier molecular flexibility index (Phi) is 29.5. The van der Waals surface area contributed by atoms with Gasteiger partial charge in [0.1, 0.15) is 0 Å². The topological polar surface area (TPSA) is 128 Å². The van der Waals surface area contributed by atoms with Gasteiger partial charge in [-0.05, 0) is 50.1 Å². The molecule has 2 atom stereocenters. The van der Waals surface area contributed by atoms with Gasteiger partial charge in [-0.3, -0.25) is 14.7 Å². The number of aliphatic hydroxyl groups excluding tert-OH is 2. The predicted octanol–water partition coefficient (Wildman–Crippen LogP) is 10.8. The molecule has 2 rings (SSSR count). The maximum atomic E-state index is 13.2. The lowest BCUT2D eigenvalue weighted by molar-refractivity contribution is -0.134. The van der Waals surface area contributed by atoms with Crippen LogP contribution in [0.1, 0.15) is 184 Å². The number of unbranched alkanes of at least 4 members (excludes halogenated alkanes) is 18. The molecule has 2 unspecified atom stereocenters. The van der Waals surface area contributed by atoms with Crippen molar-refractivity contribution in [2.75, 3.05) is 40.5 Å². The summed E-state index contributed by atoms with van der Waals surface area (Å²) in [6.07, 6.45) is 28.3. The molecule has 1 aromatic heterocycles. The summed E-state index contributed by atoms with van der Waals surface area (Å²) in [5.41, 5.74) is 1.02. The van der Waals surface area contributed by atoms with Crippen LogP contribution in [0, 0.1) is 0 Å². The molecule has 1 heterocycles. The first-order valence-corrected chi connectivity index (χ1v) is 22.9. The minimum absolute atomic E-state index is 0.0933. The Bertz CT molecular complexity index is 1270. The molecule has 10 heteroatoms. The van der Waals surface area contributed by atoms with Crippen LogP contribution in [0.25, 0.3) is 0 Å². The summed E-state index contributed by atoms with van der Waals surface area (Å²) in [7, 11) is 2.87. The number of ether oxygens (including phenoxy) is 4. The molecule has 0 saturated heterocycles. The molecule has 58 heavy (non-hydrogen) atoms. The molecule has 0 fully saturated rings. The molecule has 0 aliphatic rings. The predicted molar refractivity (Wildman–Crippen MR) is 234 cm³/mol. The molecular formula is C48H80N2O8. The second-order valence-electron chi connectivity index (χ2n) is 16.0. The van der Waals surface area contributed by atoms with E-state index in [0.29, 0.717) is 32.5 Å². The highest BCUT2D eigenvalue weighted by Crippen LogP contribution is 2.39. The van der Waals surface area contributed by atoms with E-state index in [2.05, 4.69) is 23.7 Å². The second-order valence-corrected chi connectivity index (χ2v) is 16.0. The Morgan fingerprint density at radius 1 is 0.672 bits per heavy atom. The Hall–Kier alpha value is -3.21. The number of aromatic nitrogens is 1. The molecule has 0 amide bonds. The van der Waals surface area contributed by atoms with Gasteiger partial charge in [0.25, 0.3) is 0 Å². The molecule has 0 spiro atoms. The van der Waals surface area contributed by atoms with Gasteiger partial charge in [-0.2, -0.15) is 0 Å². The molecule has 1 aromatic carbocycles. The van der Waals surface area contributed by atoms with Crippen LogP contribution in [0.4, 0.5) is 0 Å². The number of hydrogen-bond acceptors (Lipinski definition) is 10. The lowest BCUT2D eigenvalue weighted by Crippen LogP contribution is -2.39. The third-order valence-electron chi connectivity index (χ3n) is 10.8. The lowest BCUT2D eigenvalue weighted by atomic mass is 10.0. The summed E-state index contributed by atoms with van der Waals surface area (Å²) in [6.45, 7) is 6.11. The van der Waals surface area contributed by atoms with E-state index in [4.69, 9.17) is 18.9 Å². The van der Waals surface area contributed by atoms with E-state index >= 15 is 0 Å². The molecule has 0 bridgehead atoms. The Labute approximate surface area is 351 Å². The Morgan fingerprint density at radius 3 is 1.60 bits per heavy atom. The van der Waals surface area contributed by atoms with Crippen LogP contribution < -0.4 is 14.2 Å². The highest BCUT2D eigenvalue weighted by molar-refractivity contribution is 5.91. The van der Waals surface area contributed by atoms with Crippen molar-refractivity contribution in [3.05, 3.63) is 47.8 Å². The van der Waals surface area contributed by atoms with E-state index in [9.17, 15) is 19.8 Å². The molecule has 2 aromatic rings. The molecule has 0 saturated carbocycles. The number of aliphatic hydroxyl groups is 2. The third-order valence-corrected chi connectivity index (χ3v) is 10.8. The van der Waals surface area contributed by atoms with E-state index < -0.39 is 24.1 Å². The van der Waals surface area contributed by atoms with E-state index in [-0.39, 0.29) is 35.8 Å². The summed E-state index contributed by atoms with van der Waals surface area (Å²) in [5.74, 6) is -0.585. The van der Waals surface area contributed by atoms with Gasteiger partial charge in [-0.1, -0.05) is 148 Å². The monoisotopic (exact) mass is 813 g/mol. The van der Waals surface area contributed by atoms with Crippen molar-refractivity contribution in [3.8, 4) is 17.2 Å². The molecule has 2 N–H and O–H groups in total. The summed E-state index contributed by atoms with van der Waals surface area (Å²) < 4.78 is 22.2. The van der Waals surface area contributed by atoms with Crippen LogP contribution in [0.5, 0.6) is 17.2 Å². The number of carbonyl (C=O) groups excluding carboxylic acids is 2. The minimum Gasteiger partial charge on any atom is -0.493 e. The van der Waals surface area contributed by atoms with Crippen LogP contribution in [0.3, 0.4) is 0 Å². The first kappa shape index (κ1) is 50.9. The summed E-state index contributed by atoms with van der Waals surface area (Å²) in [4.78, 5) is 32.4. The van der Waals surface area contributed by atoms with Gasteiger partial charge < -0.3 is 29.2 Å². The zero-order valence-corrected chi connectivity index (χ0v) is 36.9. The van der Waals surface area contributed by atoms with Crippen molar-refractivity contribution < 1.29 is 38.7 Å². The number of benzene rings is 1. The van der Waals surface area contributed by atoms with Gasteiger partial charge in [0.2, 0.25) is 5.75 Å². The Balaban J connectivity index is 1.88. The van der Waals surface area contributed by atoms with E-state index in [1.165, 1.54) is 129 Å². The number of hydrogen-bond donors (Lipinski definition) is 2. The second kappa shape index (κ2) is 33.6. The maximum Gasteiger partial charge on any atom is 0.338 e. The number of esters is 2. The average molecular weight is 813 g/mol. The van der Waals surface area contributed by atoms with Crippen molar-refractivity contribution in [1.82, 2.24) is 9.88 Å². The van der Waals surface area contributed by atoms with Crippen LogP contribution in [-0.2, 0) is 16.0 Å². The fraction of sp³-hybridized carbons (Fsp3) is 0.729. The fourth-order valence-corrected chi connectivity index (χ4v) is 7.36. The largest absolute Gasteiger partial charge is 0.493 e. The average Bonchev–Trinajstić information content (AvgIpc) is 3.22. The summed E-state index contributed by atoms with van der Waals surface area (Å²) in [5, 5.41) is 22.0. The zero-order valence-electron chi connectivity index (χ0n) is 36.9. The van der Waals surface area contributed by atoms with Gasteiger partial charge in [0.05, 0.1) is 38.6 Å². The standard InChI is InChI=1S/C48H80N2O8/c1-5-7-9-11-13-15-17-19-21-23-29-42(51)38-50(39-43(52)30-24-22-20-18-16-14-12-10-8-6-2)34-27-31-46(53)58-47-44(55-3)36-40(37-45(47)56-4)48(54)57-35-32-41-28-25-26-33-49-41/h25-26,28,33,36-37,42-43,51-52H,5-24,27,29-32,34-35,38-39H2,1-4H3. The molecule has 0 radical (unpaired) electrons. The SMILES string of the molecule is CCCCCCCCCCCCC(O)CN(CCCC(=O)Oc1c(OC)cc(C(=O)OCCc2ccccn2)cc1OC)CC(O)CCCCCCCCCCCC. The molecular weight excluding hydrogens is 733 g/mol. The first-order valence-electron chi connectivity index (χ1n) is 22.9. The van der Waals surface area contributed by atoms with Gasteiger partial charge in [0, 0.05) is 37.8 Å². The van der Waals surface area contributed by atoms with Crippen LogP contribution in [-0.4, -0.2) is 84.7 Å². The van der Waals surface area contributed by atoms with Crippen molar-refractivity contribution in [2.24, 2.45) is 0 Å². The number of nitrogens with zero attached hydrogens (tertiary/aromatic N) is 2. The summed E-state index contributed by atoms with van der Waals surface area (Å²) in [6, 6.07) is 8.53. The normalized spacial score (nSPS) is 12.4. The van der Waals surface area contributed by atoms with E-state index in [1.54, 1.807) is 6.20 Å². The smallest absolute Gasteiger partial charge is 0.338 e. The minimum atomic E-state index is -0.559. The number of pyridine rings is 1. The molecule has 0 aliphatic heterocycles. The van der Waals surface area contributed by atoms with Gasteiger partial charge in [-0.15, -0.1) is 0 Å².